The molecular weight excluding hydrogens is 208 g/mol. The molecule has 1 aromatic rings. The number of aliphatic hydroxyl groups excluding tert-OH is 1. The van der Waals surface area contributed by atoms with E-state index in [1.165, 1.54) is 0 Å². The van der Waals surface area contributed by atoms with E-state index in [0.717, 1.165) is 5.56 Å². The van der Waals surface area contributed by atoms with Gasteiger partial charge in [0, 0.05) is 6.42 Å². The Morgan fingerprint density at radius 2 is 2.38 bits per heavy atom. The van der Waals surface area contributed by atoms with Crippen molar-refractivity contribution in [2.75, 3.05) is 6.61 Å². The Labute approximate surface area is 93.8 Å². The van der Waals surface area contributed by atoms with Gasteiger partial charge in [-0.05, 0) is 24.6 Å². The van der Waals surface area contributed by atoms with Gasteiger partial charge in [-0.15, -0.1) is 0 Å². The highest BCUT2D eigenvalue weighted by Crippen LogP contribution is 2.22. The maximum atomic E-state index is 11.2. The van der Waals surface area contributed by atoms with Crippen molar-refractivity contribution in [2.24, 2.45) is 0 Å². The molecule has 4 heteroatoms. The molecule has 1 heterocycles. The quantitative estimate of drug-likeness (QED) is 0.786. The molecule has 1 aromatic carbocycles. The molecule has 0 amide bonds. The van der Waals surface area contributed by atoms with Crippen LogP contribution in [0.25, 0.3) is 0 Å². The molecule has 0 aromatic heterocycles. The van der Waals surface area contributed by atoms with Gasteiger partial charge >= 0.3 is 5.97 Å². The summed E-state index contributed by atoms with van der Waals surface area (Å²) < 4.78 is 10.3. The van der Waals surface area contributed by atoms with Crippen LogP contribution in [0, 0.1) is 0 Å². The first-order chi connectivity index (χ1) is 7.66. The van der Waals surface area contributed by atoms with E-state index in [-0.39, 0.29) is 5.97 Å². The number of cyclic esters (lactones) is 1. The molecule has 16 heavy (non-hydrogen) atoms. The molecular formula is C12H14O4. The fourth-order valence-corrected chi connectivity index (χ4v) is 1.60. The third-order valence-electron chi connectivity index (χ3n) is 2.51. The van der Waals surface area contributed by atoms with E-state index in [2.05, 4.69) is 0 Å². The highest BCUT2D eigenvalue weighted by atomic mass is 16.6. The molecule has 0 aliphatic carbocycles. The Morgan fingerprint density at radius 3 is 3.00 bits per heavy atom. The first-order valence-corrected chi connectivity index (χ1v) is 5.28. The minimum atomic E-state index is -0.543. The Morgan fingerprint density at radius 1 is 1.56 bits per heavy atom. The fourth-order valence-electron chi connectivity index (χ4n) is 1.60. The summed E-state index contributed by atoms with van der Waals surface area (Å²) in [6.07, 6.45) is -0.471. The van der Waals surface area contributed by atoms with Crippen LogP contribution in [-0.2, 0) is 9.53 Å². The molecule has 0 spiro atoms. The van der Waals surface area contributed by atoms with E-state index < -0.39 is 12.2 Å². The molecule has 1 aliphatic rings. The second-order valence-corrected chi connectivity index (χ2v) is 3.81. The lowest BCUT2D eigenvalue weighted by molar-refractivity contribution is -0.143. The van der Waals surface area contributed by atoms with Crippen molar-refractivity contribution in [3.05, 3.63) is 29.8 Å². The third kappa shape index (κ3) is 2.33. The van der Waals surface area contributed by atoms with Gasteiger partial charge in [0.15, 0.2) is 6.10 Å². The lowest BCUT2D eigenvalue weighted by Crippen LogP contribution is -2.21. The van der Waals surface area contributed by atoms with E-state index in [1.807, 2.05) is 6.07 Å². The molecule has 1 N–H and O–H groups in total. The van der Waals surface area contributed by atoms with Crippen LogP contribution in [-0.4, -0.2) is 23.8 Å². The minimum absolute atomic E-state index is 0.317. The molecule has 0 radical (unpaired) electrons. The maximum absolute atomic E-state index is 11.2. The Hall–Kier alpha value is -1.55. The Balaban J connectivity index is 2.09. The van der Waals surface area contributed by atoms with Crippen molar-refractivity contribution >= 4 is 5.97 Å². The molecule has 2 rings (SSSR count). The molecule has 2 unspecified atom stereocenters. The molecule has 2 atom stereocenters. The monoisotopic (exact) mass is 222 g/mol. The molecule has 1 saturated heterocycles. The topological polar surface area (TPSA) is 55.8 Å². The second kappa shape index (κ2) is 4.53. The minimum Gasteiger partial charge on any atom is -0.479 e. The van der Waals surface area contributed by atoms with Crippen molar-refractivity contribution in [3.63, 3.8) is 0 Å². The van der Waals surface area contributed by atoms with Crippen molar-refractivity contribution in [1.29, 1.82) is 0 Å². The number of carbonyl (C=O) groups is 1. The average molecular weight is 222 g/mol. The summed E-state index contributed by atoms with van der Waals surface area (Å²) in [6, 6.07) is 7.09. The van der Waals surface area contributed by atoms with Crippen LogP contribution >= 0.6 is 0 Å². The van der Waals surface area contributed by atoms with Crippen LogP contribution in [0.15, 0.2) is 24.3 Å². The van der Waals surface area contributed by atoms with E-state index >= 15 is 0 Å². The SMILES string of the molecule is CC(O)c1cccc(OC2CCOC2=O)c1. The summed E-state index contributed by atoms with van der Waals surface area (Å²) in [6.45, 7) is 2.10. The van der Waals surface area contributed by atoms with Crippen LogP contribution in [0.3, 0.4) is 0 Å². The lowest BCUT2D eigenvalue weighted by atomic mass is 10.1. The van der Waals surface area contributed by atoms with E-state index in [9.17, 15) is 9.90 Å². The molecule has 0 bridgehead atoms. The van der Waals surface area contributed by atoms with Gasteiger partial charge in [-0.1, -0.05) is 12.1 Å². The maximum Gasteiger partial charge on any atom is 0.347 e. The van der Waals surface area contributed by atoms with Gasteiger partial charge in [-0.25, -0.2) is 4.79 Å². The summed E-state index contributed by atoms with van der Waals surface area (Å²) in [5.41, 5.74) is 0.767. The summed E-state index contributed by atoms with van der Waals surface area (Å²) in [5.74, 6) is 0.268. The van der Waals surface area contributed by atoms with Crippen molar-refractivity contribution < 1.29 is 19.4 Å². The van der Waals surface area contributed by atoms with Gasteiger partial charge in [0.1, 0.15) is 5.75 Å². The number of ether oxygens (including phenoxy) is 2. The predicted molar refractivity (Wildman–Crippen MR) is 57.1 cm³/mol. The summed E-state index contributed by atoms with van der Waals surface area (Å²) in [7, 11) is 0. The fraction of sp³-hybridized carbons (Fsp3) is 0.417. The number of rotatable bonds is 3. The van der Waals surface area contributed by atoms with Gasteiger partial charge in [0.25, 0.3) is 0 Å². The van der Waals surface area contributed by atoms with E-state index in [4.69, 9.17) is 9.47 Å². The third-order valence-corrected chi connectivity index (χ3v) is 2.51. The highest BCUT2D eigenvalue weighted by molar-refractivity contribution is 5.76. The summed E-state index contributed by atoms with van der Waals surface area (Å²) >= 11 is 0. The van der Waals surface area contributed by atoms with Crippen LogP contribution < -0.4 is 4.74 Å². The zero-order valence-corrected chi connectivity index (χ0v) is 9.05. The first-order valence-electron chi connectivity index (χ1n) is 5.28. The predicted octanol–water partition coefficient (Wildman–Crippen LogP) is 1.43. The lowest BCUT2D eigenvalue weighted by Gasteiger charge is -2.12. The largest absolute Gasteiger partial charge is 0.479 e. The summed E-state index contributed by atoms with van der Waals surface area (Å²) in [4.78, 5) is 11.2. The number of benzene rings is 1. The molecule has 0 saturated carbocycles. The standard InChI is InChI=1S/C12H14O4/c1-8(13)9-3-2-4-10(7-9)16-11-5-6-15-12(11)14/h2-4,7-8,11,13H,5-6H2,1H3. The number of esters is 1. The molecule has 86 valence electrons. The van der Waals surface area contributed by atoms with E-state index in [1.54, 1.807) is 25.1 Å². The van der Waals surface area contributed by atoms with Gasteiger partial charge < -0.3 is 14.6 Å². The van der Waals surface area contributed by atoms with Gasteiger partial charge in [-0.3, -0.25) is 0 Å². The highest BCUT2D eigenvalue weighted by Gasteiger charge is 2.28. The average Bonchev–Trinajstić information content (AvgIpc) is 2.65. The first kappa shape index (κ1) is 11.0. The second-order valence-electron chi connectivity index (χ2n) is 3.81. The van der Waals surface area contributed by atoms with Crippen molar-refractivity contribution in [1.82, 2.24) is 0 Å². The Kier molecular flexibility index (Phi) is 3.10. The normalized spacial score (nSPS) is 21.6. The van der Waals surface area contributed by atoms with Gasteiger partial charge in [0.05, 0.1) is 12.7 Å². The van der Waals surface area contributed by atoms with Gasteiger partial charge in [-0.2, -0.15) is 0 Å². The number of carbonyl (C=O) groups excluding carboxylic acids is 1. The van der Waals surface area contributed by atoms with Crippen LogP contribution in [0.1, 0.15) is 25.0 Å². The van der Waals surface area contributed by atoms with Crippen LogP contribution in [0.4, 0.5) is 0 Å². The summed E-state index contributed by atoms with van der Waals surface area (Å²) in [5, 5.41) is 9.41. The zero-order valence-electron chi connectivity index (χ0n) is 9.05. The van der Waals surface area contributed by atoms with Crippen molar-refractivity contribution in [2.45, 2.75) is 25.6 Å². The molecule has 1 aliphatic heterocycles. The zero-order chi connectivity index (χ0) is 11.5. The van der Waals surface area contributed by atoms with Gasteiger partial charge in [0.2, 0.25) is 0 Å². The van der Waals surface area contributed by atoms with Crippen molar-refractivity contribution in [3.8, 4) is 5.75 Å². The van der Waals surface area contributed by atoms with Crippen LogP contribution in [0.2, 0.25) is 0 Å². The van der Waals surface area contributed by atoms with Crippen LogP contribution in [0.5, 0.6) is 5.75 Å². The Bertz CT molecular complexity index is 386. The number of aliphatic hydroxyl groups is 1. The number of hydrogen-bond donors (Lipinski definition) is 1. The van der Waals surface area contributed by atoms with E-state index in [0.29, 0.717) is 18.8 Å². The molecule has 4 nitrogen and oxygen atoms in total. The smallest absolute Gasteiger partial charge is 0.347 e. The number of hydrogen-bond acceptors (Lipinski definition) is 4. The molecule has 1 fully saturated rings.